The normalized spacial score (nSPS) is 14.4. The number of aromatic nitrogens is 2. The molecule has 1 aliphatic heterocycles. The van der Waals surface area contributed by atoms with Crippen LogP contribution in [0.1, 0.15) is 10.4 Å². The molecule has 0 amide bonds. The summed E-state index contributed by atoms with van der Waals surface area (Å²) in [6, 6.07) is 12.7. The molecule has 0 aliphatic carbocycles. The summed E-state index contributed by atoms with van der Waals surface area (Å²) in [6.45, 7) is 2.49. The van der Waals surface area contributed by atoms with Crippen LogP contribution in [-0.2, 0) is 0 Å². The quantitative estimate of drug-likeness (QED) is 0.737. The number of carboxylic acids is 1. The minimum absolute atomic E-state index is 0.0884. The molecule has 1 aliphatic rings. The van der Waals surface area contributed by atoms with E-state index in [9.17, 15) is 9.90 Å². The van der Waals surface area contributed by atoms with Gasteiger partial charge in [-0.3, -0.25) is 0 Å². The second-order valence-electron chi connectivity index (χ2n) is 6.16. The average molecular weight is 385 g/mol. The fourth-order valence-electron chi connectivity index (χ4n) is 3.22. The number of halogens is 1. The van der Waals surface area contributed by atoms with E-state index in [0.29, 0.717) is 42.6 Å². The molecule has 0 unspecified atom stereocenters. The Kier molecular flexibility index (Phi) is 4.68. The van der Waals surface area contributed by atoms with Crippen molar-refractivity contribution in [3.8, 4) is 11.3 Å². The number of nitrogens with zero attached hydrogens (tertiary/aromatic N) is 4. The number of pyridine rings is 1. The van der Waals surface area contributed by atoms with Crippen molar-refractivity contribution in [3.05, 3.63) is 59.2 Å². The molecule has 0 spiro atoms. The molecule has 2 aromatic heterocycles. The summed E-state index contributed by atoms with van der Waals surface area (Å²) >= 11 is 6.23. The van der Waals surface area contributed by atoms with Crippen LogP contribution in [0.15, 0.2) is 53.2 Å². The molecule has 138 valence electrons. The topological polar surface area (TPSA) is 82.7 Å². The Bertz CT molecular complexity index is 953. The lowest BCUT2D eigenvalue weighted by Crippen LogP contribution is -2.47. The van der Waals surface area contributed by atoms with E-state index in [4.69, 9.17) is 16.1 Å². The Labute approximate surface area is 160 Å². The van der Waals surface area contributed by atoms with Gasteiger partial charge in [0.25, 0.3) is 0 Å². The van der Waals surface area contributed by atoms with Gasteiger partial charge in [-0.1, -0.05) is 47.1 Å². The van der Waals surface area contributed by atoms with Crippen LogP contribution in [0.3, 0.4) is 0 Å². The van der Waals surface area contributed by atoms with Gasteiger partial charge in [-0.05, 0) is 12.1 Å². The van der Waals surface area contributed by atoms with Gasteiger partial charge in [0.05, 0.1) is 5.02 Å². The summed E-state index contributed by atoms with van der Waals surface area (Å²) in [6.07, 6.45) is 1.71. The van der Waals surface area contributed by atoms with Crippen LogP contribution in [0.4, 0.5) is 11.6 Å². The van der Waals surface area contributed by atoms with Crippen molar-refractivity contribution in [3.63, 3.8) is 0 Å². The van der Waals surface area contributed by atoms with E-state index in [0.717, 1.165) is 5.82 Å². The van der Waals surface area contributed by atoms with E-state index < -0.39 is 5.97 Å². The van der Waals surface area contributed by atoms with Gasteiger partial charge in [0.15, 0.2) is 17.1 Å². The third kappa shape index (κ3) is 3.33. The molecule has 1 fully saturated rings. The number of piperazine rings is 1. The predicted octanol–water partition coefficient (Wildman–Crippen LogP) is 3.41. The van der Waals surface area contributed by atoms with E-state index in [-0.39, 0.29) is 11.3 Å². The zero-order valence-electron chi connectivity index (χ0n) is 14.4. The van der Waals surface area contributed by atoms with E-state index in [1.165, 1.54) is 0 Å². The summed E-state index contributed by atoms with van der Waals surface area (Å²) in [5.41, 5.74) is 0.776. The monoisotopic (exact) mass is 384 g/mol. The molecule has 4 rings (SSSR count). The number of rotatable bonds is 4. The van der Waals surface area contributed by atoms with Crippen molar-refractivity contribution in [2.45, 2.75) is 0 Å². The van der Waals surface area contributed by atoms with E-state index in [1.807, 2.05) is 29.2 Å². The van der Waals surface area contributed by atoms with E-state index >= 15 is 0 Å². The van der Waals surface area contributed by atoms with Crippen molar-refractivity contribution in [2.24, 2.45) is 0 Å². The number of anilines is 2. The number of aromatic carboxylic acids is 1. The molecular weight excluding hydrogens is 368 g/mol. The van der Waals surface area contributed by atoms with Crippen molar-refractivity contribution in [1.82, 2.24) is 10.1 Å². The lowest BCUT2D eigenvalue weighted by molar-refractivity contribution is 0.0698. The third-order valence-corrected chi connectivity index (χ3v) is 4.84. The highest BCUT2D eigenvalue weighted by Gasteiger charge is 2.30. The van der Waals surface area contributed by atoms with Crippen LogP contribution in [0.5, 0.6) is 0 Å². The number of benzene rings is 1. The molecule has 0 saturated carbocycles. The molecule has 0 radical (unpaired) electrons. The highest BCUT2D eigenvalue weighted by molar-refractivity contribution is 6.32. The summed E-state index contributed by atoms with van der Waals surface area (Å²) < 4.78 is 5.41. The Morgan fingerprint density at radius 3 is 2.30 bits per heavy atom. The third-order valence-electron chi connectivity index (χ3n) is 4.54. The smallest absolute Gasteiger partial charge is 0.343 e. The first kappa shape index (κ1) is 17.4. The lowest BCUT2D eigenvalue weighted by atomic mass is 10.1. The SMILES string of the molecule is O=C(O)c1c(N2CCN(c3ncccc3Cl)CC2)noc1-c1ccccc1. The highest BCUT2D eigenvalue weighted by Crippen LogP contribution is 2.32. The van der Waals surface area contributed by atoms with Crippen molar-refractivity contribution < 1.29 is 14.4 Å². The molecule has 7 nitrogen and oxygen atoms in total. The number of hydrogen-bond acceptors (Lipinski definition) is 6. The van der Waals surface area contributed by atoms with Crippen molar-refractivity contribution >= 4 is 29.2 Å². The van der Waals surface area contributed by atoms with Crippen LogP contribution in [0.25, 0.3) is 11.3 Å². The zero-order valence-corrected chi connectivity index (χ0v) is 15.1. The van der Waals surface area contributed by atoms with Gasteiger partial charge in [0.2, 0.25) is 0 Å². The van der Waals surface area contributed by atoms with Gasteiger partial charge in [0.1, 0.15) is 5.82 Å². The van der Waals surface area contributed by atoms with Gasteiger partial charge in [-0.25, -0.2) is 9.78 Å². The maximum absolute atomic E-state index is 11.9. The van der Waals surface area contributed by atoms with Crippen LogP contribution in [0, 0.1) is 0 Å². The molecule has 0 bridgehead atoms. The molecule has 8 heteroatoms. The molecule has 3 aromatic rings. The van der Waals surface area contributed by atoms with Gasteiger partial charge in [-0.2, -0.15) is 0 Å². The Morgan fingerprint density at radius 2 is 1.67 bits per heavy atom. The van der Waals surface area contributed by atoms with Gasteiger partial charge >= 0.3 is 5.97 Å². The molecular formula is C19H17ClN4O3. The highest BCUT2D eigenvalue weighted by atomic mass is 35.5. The molecule has 1 saturated heterocycles. The molecule has 0 atom stereocenters. The maximum atomic E-state index is 11.9. The molecule has 27 heavy (non-hydrogen) atoms. The summed E-state index contributed by atoms with van der Waals surface area (Å²) in [5, 5.41) is 14.4. The largest absolute Gasteiger partial charge is 0.477 e. The van der Waals surface area contributed by atoms with Crippen molar-refractivity contribution in [2.75, 3.05) is 36.0 Å². The fraction of sp³-hybridized carbons (Fsp3) is 0.211. The summed E-state index contributed by atoms with van der Waals surface area (Å²) in [5.74, 6) is 0.309. The van der Waals surface area contributed by atoms with Gasteiger partial charge < -0.3 is 19.4 Å². The first-order valence-electron chi connectivity index (χ1n) is 8.54. The van der Waals surface area contributed by atoms with Crippen LogP contribution < -0.4 is 9.80 Å². The van der Waals surface area contributed by atoms with Crippen LogP contribution in [0.2, 0.25) is 5.02 Å². The first-order chi connectivity index (χ1) is 13.1. The minimum Gasteiger partial charge on any atom is -0.477 e. The number of carboxylic acid groups (broad SMARTS) is 1. The Hall–Kier alpha value is -3.06. The van der Waals surface area contributed by atoms with E-state index in [1.54, 1.807) is 24.4 Å². The molecule has 1 aromatic carbocycles. The molecule has 3 heterocycles. The summed E-state index contributed by atoms with van der Waals surface area (Å²) in [4.78, 5) is 20.2. The first-order valence-corrected chi connectivity index (χ1v) is 8.91. The second kappa shape index (κ2) is 7.28. The zero-order chi connectivity index (χ0) is 18.8. The standard InChI is InChI=1S/C19H17ClN4O3/c20-14-7-4-8-21-17(14)23-9-11-24(12-10-23)18-15(19(25)26)16(27-22-18)13-5-2-1-3-6-13/h1-8H,9-12H2,(H,25,26). The average Bonchev–Trinajstić information content (AvgIpc) is 3.15. The Morgan fingerprint density at radius 1 is 1.00 bits per heavy atom. The maximum Gasteiger partial charge on any atom is 0.343 e. The summed E-state index contributed by atoms with van der Waals surface area (Å²) in [7, 11) is 0. The van der Waals surface area contributed by atoms with Crippen LogP contribution >= 0.6 is 11.6 Å². The Balaban J connectivity index is 1.58. The minimum atomic E-state index is -1.06. The lowest BCUT2D eigenvalue weighted by Gasteiger charge is -2.35. The number of hydrogen-bond donors (Lipinski definition) is 1. The molecule has 1 N–H and O–H groups in total. The predicted molar refractivity (Wildman–Crippen MR) is 103 cm³/mol. The fourth-order valence-corrected chi connectivity index (χ4v) is 3.46. The second-order valence-corrected chi connectivity index (χ2v) is 6.57. The van der Waals surface area contributed by atoms with Gasteiger partial charge in [-0.15, -0.1) is 0 Å². The number of carbonyl (C=O) groups is 1. The van der Waals surface area contributed by atoms with Gasteiger partial charge in [0, 0.05) is 37.9 Å². The van der Waals surface area contributed by atoms with Crippen LogP contribution in [-0.4, -0.2) is 47.4 Å². The van der Waals surface area contributed by atoms with E-state index in [2.05, 4.69) is 15.0 Å². The van der Waals surface area contributed by atoms with Crippen molar-refractivity contribution in [1.29, 1.82) is 0 Å².